The minimum atomic E-state index is -0.00511. The van der Waals surface area contributed by atoms with E-state index in [-0.39, 0.29) is 18.4 Å². The average Bonchev–Trinajstić information content (AvgIpc) is 3.51. The van der Waals surface area contributed by atoms with Crippen molar-refractivity contribution in [2.24, 2.45) is 0 Å². The van der Waals surface area contributed by atoms with Gasteiger partial charge in [0.25, 0.3) is 5.91 Å². The number of hydrogen-bond donors (Lipinski definition) is 0. The summed E-state index contributed by atoms with van der Waals surface area (Å²) in [7, 11) is 0. The van der Waals surface area contributed by atoms with Crippen LogP contribution in [0.4, 0.5) is 0 Å². The van der Waals surface area contributed by atoms with Crippen LogP contribution in [0.25, 0.3) is 20.3 Å². The molecule has 0 radical (unpaired) electrons. The second-order valence-electron chi connectivity index (χ2n) is 8.15. The van der Waals surface area contributed by atoms with Gasteiger partial charge in [-0.25, -0.2) is 4.98 Å². The Morgan fingerprint density at radius 2 is 1.81 bits per heavy atom. The van der Waals surface area contributed by atoms with Gasteiger partial charge in [-0.1, -0.05) is 0 Å². The number of nitrogens with zero attached hydrogens (tertiary/aromatic N) is 4. The van der Waals surface area contributed by atoms with Gasteiger partial charge in [-0.3, -0.25) is 14.5 Å². The smallest absolute Gasteiger partial charge is 0.260 e. The van der Waals surface area contributed by atoms with E-state index in [9.17, 15) is 9.59 Å². The number of hydrogen-bond acceptors (Lipinski definition) is 7. The number of ether oxygens (including phenoxy) is 1. The van der Waals surface area contributed by atoms with Crippen molar-refractivity contribution in [1.82, 2.24) is 19.7 Å². The molecule has 2 amide bonds. The van der Waals surface area contributed by atoms with Gasteiger partial charge in [-0.15, -0.1) is 22.7 Å². The number of aromatic nitrogens is 1. The van der Waals surface area contributed by atoms with Gasteiger partial charge >= 0.3 is 0 Å². The van der Waals surface area contributed by atoms with Crippen LogP contribution in [0.2, 0.25) is 0 Å². The van der Waals surface area contributed by atoms with Gasteiger partial charge in [0.1, 0.15) is 5.75 Å². The number of aryl methyl sites for hydroxylation is 1. The molecule has 9 heteroatoms. The zero-order chi connectivity index (χ0) is 21.4. The first-order chi connectivity index (χ1) is 15.1. The lowest BCUT2D eigenvalue weighted by Crippen LogP contribution is -2.52. The van der Waals surface area contributed by atoms with Crippen molar-refractivity contribution in [3.63, 3.8) is 0 Å². The third-order valence-electron chi connectivity index (χ3n) is 6.06. The number of carbonyl (C=O) groups is 2. The van der Waals surface area contributed by atoms with Gasteiger partial charge in [0, 0.05) is 50.7 Å². The molecule has 1 aromatic carbocycles. The number of thiazole rings is 1. The number of piperazine rings is 1. The maximum Gasteiger partial charge on any atom is 0.260 e. The van der Waals surface area contributed by atoms with Crippen molar-refractivity contribution in [3.05, 3.63) is 22.5 Å². The summed E-state index contributed by atoms with van der Waals surface area (Å²) in [5.41, 5.74) is 1.02. The summed E-state index contributed by atoms with van der Waals surface area (Å²) >= 11 is 3.30. The third-order valence-corrected chi connectivity index (χ3v) is 7.90. The van der Waals surface area contributed by atoms with Crippen LogP contribution in [0.5, 0.6) is 5.75 Å². The molecule has 3 aromatic rings. The molecule has 0 N–H and O–H groups in total. The second kappa shape index (κ2) is 8.72. The SMILES string of the molecule is Cc1nc2c(cc(OCC(=O)N3CCN(CC(=O)N4CCCC4)CC3)c3ccsc32)s1. The van der Waals surface area contributed by atoms with Crippen LogP contribution in [0.15, 0.2) is 17.5 Å². The molecular formula is C22H26N4O3S2. The molecule has 2 aliphatic heterocycles. The molecule has 0 aliphatic carbocycles. The number of likely N-dealkylation sites (tertiary alicyclic amines) is 1. The fraction of sp³-hybridized carbons (Fsp3) is 0.500. The first-order valence-corrected chi connectivity index (χ1v) is 12.5. The van der Waals surface area contributed by atoms with E-state index in [0.29, 0.717) is 19.6 Å². The molecule has 2 aliphatic rings. The van der Waals surface area contributed by atoms with Gasteiger partial charge in [0.2, 0.25) is 5.91 Å². The zero-order valence-corrected chi connectivity index (χ0v) is 19.3. The Balaban J connectivity index is 1.17. The maximum atomic E-state index is 12.8. The van der Waals surface area contributed by atoms with E-state index in [1.807, 2.05) is 34.2 Å². The van der Waals surface area contributed by atoms with Crippen LogP contribution in [0, 0.1) is 6.92 Å². The first-order valence-electron chi connectivity index (χ1n) is 10.8. The highest BCUT2D eigenvalue weighted by atomic mass is 32.1. The molecule has 2 saturated heterocycles. The van der Waals surface area contributed by atoms with Crippen molar-refractivity contribution in [2.45, 2.75) is 19.8 Å². The number of benzene rings is 1. The number of thiophene rings is 1. The molecule has 0 bridgehead atoms. The summed E-state index contributed by atoms with van der Waals surface area (Å²) in [5.74, 6) is 0.958. The van der Waals surface area contributed by atoms with E-state index >= 15 is 0 Å². The number of amides is 2. The van der Waals surface area contributed by atoms with E-state index in [4.69, 9.17) is 4.74 Å². The Morgan fingerprint density at radius 1 is 1.06 bits per heavy atom. The predicted octanol–water partition coefficient (Wildman–Crippen LogP) is 2.96. The van der Waals surface area contributed by atoms with Gasteiger partial charge in [-0.05, 0) is 31.2 Å². The molecule has 5 rings (SSSR count). The molecule has 164 valence electrons. The number of fused-ring (bicyclic) bond motifs is 3. The topological polar surface area (TPSA) is 66.0 Å². The van der Waals surface area contributed by atoms with Crippen LogP contribution >= 0.6 is 22.7 Å². The van der Waals surface area contributed by atoms with Crippen molar-refractivity contribution in [1.29, 1.82) is 0 Å². The predicted molar refractivity (Wildman–Crippen MR) is 124 cm³/mol. The highest BCUT2D eigenvalue weighted by Gasteiger charge is 2.25. The highest BCUT2D eigenvalue weighted by Crippen LogP contribution is 2.38. The van der Waals surface area contributed by atoms with E-state index in [1.165, 1.54) is 0 Å². The quantitative estimate of drug-likeness (QED) is 0.588. The van der Waals surface area contributed by atoms with Crippen LogP contribution in [0.1, 0.15) is 17.8 Å². The molecule has 0 atom stereocenters. The molecular weight excluding hydrogens is 432 g/mol. The Hall–Kier alpha value is -2.23. The molecule has 0 spiro atoms. The third kappa shape index (κ3) is 4.26. The molecule has 0 unspecified atom stereocenters. The van der Waals surface area contributed by atoms with Gasteiger partial charge in [-0.2, -0.15) is 0 Å². The minimum absolute atomic E-state index is 0.00511. The van der Waals surface area contributed by atoms with Crippen LogP contribution in [0.3, 0.4) is 0 Å². The summed E-state index contributed by atoms with van der Waals surface area (Å²) in [6.07, 6.45) is 2.22. The monoisotopic (exact) mass is 458 g/mol. The summed E-state index contributed by atoms with van der Waals surface area (Å²) in [4.78, 5) is 35.7. The Bertz CT molecular complexity index is 1110. The molecule has 2 fully saturated rings. The van der Waals surface area contributed by atoms with Gasteiger partial charge < -0.3 is 14.5 Å². The molecule has 7 nitrogen and oxygen atoms in total. The number of carbonyl (C=O) groups excluding carboxylic acids is 2. The molecule has 0 saturated carbocycles. The Kier molecular flexibility index (Phi) is 5.81. The lowest BCUT2D eigenvalue weighted by molar-refractivity contribution is -0.136. The average molecular weight is 459 g/mol. The highest BCUT2D eigenvalue weighted by molar-refractivity contribution is 7.21. The van der Waals surface area contributed by atoms with Crippen molar-refractivity contribution in [3.8, 4) is 5.75 Å². The van der Waals surface area contributed by atoms with Gasteiger partial charge in [0.15, 0.2) is 6.61 Å². The normalized spacial score (nSPS) is 17.7. The van der Waals surface area contributed by atoms with Crippen molar-refractivity contribution < 1.29 is 14.3 Å². The van der Waals surface area contributed by atoms with E-state index in [2.05, 4.69) is 9.88 Å². The first kappa shape index (κ1) is 20.7. The van der Waals surface area contributed by atoms with Crippen molar-refractivity contribution >= 4 is 54.8 Å². The van der Waals surface area contributed by atoms with Crippen LogP contribution < -0.4 is 4.74 Å². The van der Waals surface area contributed by atoms with Crippen LogP contribution in [-0.4, -0.2) is 83.9 Å². The fourth-order valence-electron chi connectivity index (χ4n) is 4.35. The van der Waals surface area contributed by atoms with Crippen LogP contribution in [-0.2, 0) is 9.59 Å². The summed E-state index contributed by atoms with van der Waals surface area (Å²) in [6.45, 7) is 7.00. The lowest BCUT2D eigenvalue weighted by atomic mass is 10.2. The summed E-state index contributed by atoms with van der Waals surface area (Å²) < 4.78 is 8.19. The standard InChI is InChI=1S/C22H26N4O3S2/c1-15-23-21-18(31-15)12-17(16-4-11-30-22(16)21)29-14-20(28)26-9-7-24(8-10-26)13-19(27)25-5-2-3-6-25/h4,11-12H,2-3,5-10,13-14H2,1H3. The van der Waals surface area contributed by atoms with E-state index < -0.39 is 0 Å². The lowest BCUT2D eigenvalue weighted by Gasteiger charge is -2.35. The van der Waals surface area contributed by atoms with E-state index in [1.54, 1.807) is 22.7 Å². The summed E-state index contributed by atoms with van der Waals surface area (Å²) in [5, 5.41) is 4.08. The Labute approximate surface area is 189 Å². The molecule has 2 aromatic heterocycles. The molecule has 31 heavy (non-hydrogen) atoms. The maximum absolute atomic E-state index is 12.8. The van der Waals surface area contributed by atoms with E-state index in [0.717, 1.165) is 70.1 Å². The largest absolute Gasteiger partial charge is 0.483 e. The summed E-state index contributed by atoms with van der Waals surface area (Å²) in [6, 6.07) is 4.04. The minimum Gasteiger partial charge on any atom is -0.483 e. The fourth-order valence-corrected chi connectivity index (χ4v) is 6.18. The Morgan fingerprint density at radius 3 is 2.58 bits per heavy atom. The van der Waals surface area contributed by atoms with Gasteiger partial charge in [0.05, 0.1) is 26.5 Å². The molecule has 4 heterocycles. The zero-order valence-electron chi connectivity index (χ0n) is 17.6. The van der Waals surface area contributed by atoms with Crippen molar-refractivity contribution in [2.75, 3.05) is 52.4 Å². The second-order valence-corrected chi connectivity index (χ2v) is 10.3. The number of rotatable bonds is 5.